The summed E-state index contributed by atoms with van der Waals surface area (Å²) in [5, 5.41) is 0.513. The van der Waals surface area contributed by atoms with Crippen molar-refractivity contribution in [2.75, 3.05) is 7.11 Å². The molecule has 0 atom stereocenters. The van der Waals surface area contributed by atoms with E-state index in [1.807, 2.05) is 12.1 Å². The number of methoxy groups -OCH3 is 1. The van der Waals surface area contributed by atoms with E-state index in [2.05, 4.69) is 29.2 Å². The number of carbonyl (C=O) groups excluding carboxylic acids is 1. The number of hydrogen-bond donors (Lipinski definition) is 0. The lowest BCUT2D eigenvalue weighted by atomic mass is 9.77. The molecule has 4 heteroatoms. The first-order chi connectivity index (χ1) is 11.7. The average Bonchev–Trinajstić information content (AvgIpc) is 2.63. The number of rotatable bonds is 4. The van der Waals surface area contributed by atoms with E-state index in [-0.39, 0.29) is 5.97 Å². The van der Waals surface area contributed by atoms with Crippen molar-refractivity contribution in [3.63, 3.8) is 0 Å². The summed E-state index contributed by atoms with van der Waals surface area (Å²) in [5.74, 6) is 0.990. The standard InChI is InChI=1S/C20H22ClNO2/c1-24-20(23)12-14-2-4-15(5-3-14)16-6-8-17(9-7-16)18-10-11-19(21)22-13-18/h6-11,13-15H,2-5,12H2,1H3. The van der Waals surface area contributed by atoms with Crippen molar-refractivity contribution in [3.8, 4) is 11.1 Å². The molecular formula is C20H22ClNO2. The molecule has 24 heavy (non-hydrogen) atoms. The van der Waals surface area contributed by atoms with Gasteiger partial charge in [0.1, 0.15) is 5.15 Å². The fourth-order valence-electron chi connectivity index (χ4n) is 3.51. The van der Waals surface area contributed by atoms with Crippen LogP contribution in [0, 0.1) is 5.92 Å². The van der Waals surface area contributed by atoms with Crippen LogP contribution < -0.4 is 0 Å². The van der Waals surface area contributed by atoms with Crippen LogP contribution in [0.4, 0.5) is 0 Å². The minimum absolute atomic E-state index is 0.0839. The molecule has 0 spiro atoms. The summed E-state index contributed by atoms with van der Waals surface area (Å²) >= 11 is 5.84. The predicted molar refractivity (Wildman–Crippen MR) is 96.0 cm³/mol. The topological polar surface area (TPSA) is 39.2 Å². The Morgan fingerprint density at radius 3 is 2.33 bits per heavy atom. The predicted octanol–water partition coefficient (Wildman–Crippen LogP) is 5.24. The fraction of sp³-hybridized carbons (Fsp3) is 0.400. The van der Waals surface area contributed by atoms with Crippen LogP contribution >= 0.6 is 11.6 Å². The summed E-state index contributed by atoms with van der Waals surface area (Å²) in [4.78, 5) is 15.5. The number of aromatic nitrogens is 1. The maximum absolute atomic E-state index is 11.4. The Hall–Kier alpha value is -1.87. The monoisotopic (exact) mass is 343 g/mol. The van der Waals surface area contributed by atoms with Crippen LogP contribution in [-0.2, 0) is 9.53 Å². The quantitative estimate of drug-likeness (QED) is 0.563. The highest BCUT2D eigenvalue weighted by Gasteiger charge is 2.24. The average molecular weight is 344 g/mol. The molecule has 0 aliphatic heterocycles. The van der Waals surface area contributed by atoms with Crippen molar-refractivity contribution in [2.24, 2.45) is 5.92 Å². The second-order valence-corrected chi connectivity index (χ2v) is 6.88. The largest absolute Gasteiger partial charge is 0.469 e. The summed E-state index contributed by atoms with van der Waals surface area (Å²) in [6, 6.07) is 12.5. The molecule has 2 aromatic rings. The molecule has 1 aromatic carbocycles. The van der Waals surface area contributed by atoms with Crippen molar-refractivity contribution < 1.29 is 9.53 Å². The number of ether oxygens (including phenoxy) is 1. The molecule has 0 N–H and O–H groups in total. The molecule has 1 heterocycles. The Labute approximate surface area is 148 Å². The third-order valence-electron chi connectivity index (χ3n) is 4.97. The van der Waals surface area contributed by atoms with Crippen LogP contribution in [0.3, 0.4) is 0 Å². The third kappa shape index (κ3) is 4.15. The minimum Gasteiger partial charge on any atom is -0.469 e. The molecule has 0 unspecified atom stereocenters. The van der Waals surface area contributed by atoms with Gasteiger partial charge in [-0.05, 0) is 60.8 Å². The number of nitrogens with zero attached hydrogens (tertiary/aromatic N) is 1. The van der Waals surface area contributed by atoms with E-state index in [0.29, 0.717) is 23.4 Å². The van der Waals surface area contributed by atoms with Crippen LogP contribution in [-0.4, -0.2) is 18.1 Å². The Bertz CT molecular complexity index is 674. The molecule has 0 saturated heterocycles. The van der Waals surface area contributed by atoms with Crippen LogP contribution in [0.25, 0.3) is 11.1 Å². The highest BCUT2D eigenvalue weighted by atomic mass is 35.5. The second kappa shape index (κ2) is 7.80. The van der Waals surface area contributed by atoms with Crippen LogP contribution in [0.1, 0.15) is 43.6 Å². The first-order valence-corrected chi connectivity index (χ1v) is 8.82. The van der Waals surface area contributed by atoms with Crippen molar-refractivity contribution in [1.29, 1.82) is 0 Å². The smallest absolute Gasteiger partial charge is 0.305 e. The zero-order valence-corrected chi connectivity index (χ0v) is 14.6. The SMILES string of the molecule is COC(=O)CC1CCC(c2ccc(-c3ccc(Cl)nc3)cc2)CC1. The van der Waals surface area contributed by atoms with E-state index >= 15 is 0 Å². The first kappa shape index (κ1) is 17.0. The van der Waals surface area contributed by atoms with Gasteiger partial charge in [0.2, 0.25) is 0 Å². The third-order valence-corrected chi connectivity index (χ3v) is 5.20. The summed E-state index contributed by atoms with van der Waals surface area (Å²) in [6.07, 6.45) is 6.85. The molecule has 1 aromatic heterocycles. The Morgan fingerprint density at radius 1 is 1.08 bits per heavy atom. The van der Waals surface area contributed by atoms with E-state index in [4.69, 9.17) is 16.3 Å². The molecule has 126 valence electrons. The molecule has 1 fully saturated rings. The highest BCUT2D eigenvalue weighted by Crippen LogP contribution is 2.37. The summed E-state index contributed by atoms with van der Waals surface area (Å²) < 4.78 is 4.77. The van der Waals surface area contributed by atoms with Crippen molar-refractivity contribution in [3.05, 3.63) is 53.3 Å². The molecule has 3 rings (SSSR count). The van der Waals surface area contributed by atoms with Crippen LogP contribution in [0.15, 0.2) is 42.6 Å². The van der Waals surface area contributed by atoms with Crippen LogP contribution in [0.2, 0.25) is 5.15 Å². The van der Waals surface area contributed by atoms with Gasteiger partial charge in [-0.2, -0.15) is 0 Å². The van der Waals surface area contributed by atoms with Crippen molar-refractivity contribution >= 4 is 17.6 Å². The number of carbonyl (C=O) groups is 1. The lowest BCUT2D eigenvalue weighted by Crippen LogP contribution is -2.17. The van der Waals surface area contributed by atoms with Gasteiger partial charge in [-0.1, -0.05) is 35.9 Å². The molecule has 0 radical (unpaired) electrons. The lowest BCUT2D eigenvalue weighted by Gasteiger charge is -2.28. The van der Waals surface area contributed by atoms with Gasteiger partial charge in [-0.3, -0.25) is 4.79 Å². The Balaban J connectivity index is 1.60. The number of pyridine rings is 1. The highest BCUT2D eigenvalue weighted by molar-refractivity contribution is 6.29. The molecule has 1 aliphatic carbocycles. The van der Waals surface area contributed by atoms with E-state index in [9.17, 15) is 4.79 Å². The number of benzene rings is 1. The van der Waals surface area contributed by atoms with Gasteiger partial charge in [-0.25, -0.2) is 4.98 Å². The first-order valence-electron chi connectivity index (χ1n) is 8.44. The van der Waals surface area contributed by atoms with Gasteiger partial charge >= 0.3 is 5.97 Å². The van der Waals surface area contributed by atoms with Crippen molar-refractivity contribution in [1.82, 2.24) is 4.98 Å². The van der Waals surface area contributed by atoms with E-state index in [1.165, 1.54) is 12.7 Å². The van der Waals surface area contributed by atoms with Gasteiger partial charge in [0.15, 0.2) is 0 Å². The van der Waals surface area contributed by atoms with Gasteiger partial charge in [-0.15, -0.1) is 0 Å². The minimum atomic E-state index is -0.0839. The zero-order valence-electron chi connectivity index (χ0n) is 13.9. The number of hydrogen-bond acceptors (Lipinski definition) is 3. The van der Waals surface area contributed by atoms with Gasteiger partial charge in [0, 0.05) is 18.2 Å². The fourth-order valence-corrected chi connectivity index (χ4v) is 3.63. The van der Waals surface area contributed by atoms with Crippen LogP contribution in [0.5, 0.6) is 0 Å². The summed E-state index contributed by atoms with van der Waals surface area (Å²) in [6.45, 7) is 0. The normalized spacial score (nSPS) is 20.6. The molecule has 3 nitrogen and oxygen atoms in total. The zero-order chi connectivity index (χ0) is 16.9. The van der Waals surface area contributed by atoms with E-state index < -0.39 is 0 Å². The number of esters is 1. The number of halogens is 1. The lowest BCUT2D eigenvalue weighted by molar-refractivity contribution is -0.142. The maximum atomic E-state index is 11.4. The Morgan fingerprint density at radius 2 is 1.75 bits per heavy atom. The molecule has 0 amide bonds. The Kier molecular flexibility index (Phi) is 5.52. The molecule has 1 aliphatic rings. The van der Waals surface area contributed by atoms with E-state index in [1.54, 1.807) is 6.20 Å². The van der Waals surface area contributed by atoms with E-state index in [0.717, 1.165) is 36.8 Å². The molecule has 0 bridgehead atoms. The van der Waals surface area contributed by atoms with Gasteiger partial charge in [0.25, 0.3) is 0 Å². The van der Waals surface area contributed by atoms with Crippen molar-refractivity contribution in [2.45, 2.75) is 38.0 Å². The summed E-state index contributed by atoms with van der Waals surface area (Å²) in [7, 11) is 1.46. The molecule has 1 saturated carbocycles. The summed E-state index contributed by atoms with van der Waals surface area (Å²) in [5.41, 5.74) is 3.62. The second-order valence-electron chi connectivity index (χ2n) is 6.49. The van der Waals surface area contributed by atoms with Gasteiger partial charge in [0.05, 0.1) is 7.11 Å². The molecular weight excluding hydrogens is 322 g/mol. The maximum Gasteiger partial charge on any atom is 0.305 e. The van der Waals surface area contributed by atoms with Gasteiger partial charge < -0.3 is 4.74 Å².